The number of nitrogens with one attached hydrogen (secondary N) is 1. The Kier molecular flexibility index (Phi) is 2.73. The number of hydrogen-bond donors (Lipinski definition) is 1. The average molecular weight is 327 g/mol. The van der Waals surface area contributed by atoms with Crippen LogP contribution >= 0.6 is 0 Å². The lowest BCUT2D eigenvalue weighted by molar-refractivity contribution is -0.384. The number of aromatic nitrogens is 1. The monoisotopic (exact) mass is 327 g/mol. The van der Waals surface area contributed by atoms with Gasteiger partial charge in [-0.1, -0.05) is 36.4 Å². The van der Waals surface area contributed by atoms with Crippen LogP contribution in [0.4, 0.5) is 17.1 Å². The molecule has 1 aliphatic heterocycles. The van der Waals surface area contributed by atoms with Crippen LogP contribution in [0.2, 0.25) is 0 Å². The zero-order valence-corrected chi connectivity index (χ0v) is 13.1. The third kappa shape index (κ3) is 1.89. The number of nitro groups is 1. The Labute approximate surface area is 143 Å². The standard InChI is InChI=1S/C20H13N3O2/c24-23(25)17-7-3-1-5-14(17)15-10-9-13-11-12-22-18-8-4-2-6-16(18)21-19(15)20(13)22/h1-12,21H. The van der Waals surface area contributed by atoms with Crippen molar-refractivity contribution in [3.05, 3.63) is 83.0 Å². The highest BCUT2D eigenvalue weighted by Crippen LogP contribution is 2.44. The molecule has 5 nitrogen and oxygen atoms in total. The van der Waals surface area contributed by atoms with Gasteiger partial charge in [0.15, 0.2) is 0 Å². The average Bonchev–Trinajstić information content (AvgIpc) is 3.08. The van der Waals surface area contributed by atoms with Gasteiger partial charge in [0, 0.05) is 23.2 Å². The summed E-state index contributed by atoms with van der Waals surface area (Å²) in [4.78, 5) is 11.1. The number of anilines is 2. The smallest absolute Gasteiger partial charge is 0.277 e. The van der Waals surface area contributed by atoms with E-state index < -0.39 is 0 Å². The van der Waals surface area contributed by atoms with Crippen molar-refractivity contribution in [2.24, 2.45) is 0 Å². The van der Waals surface area contributed by atoms with Gasteiger partial charge in [-0.2, -0.15) is 0 Å². The summed E-state index contributed by atoms with van der Waals surface area (Å²) in [6.07, 6.45) is 2.04. The van der Waals surface area contributed by atoms with Crippen LogP contribution < -0.4 is 5.32 Å². The summed E-state index contributed by atoms with van der Waals surface area (Å²) in [5.74, 6) is 0. The maximum Gasteiger partial charge on any atom is 0.277 e. The van der Waals surface area contributed by atoms with Crippen LogP contribution in [0.25, 0.3) is 27.7 Å². The minimum Gasteiger partial charge on any atom is -0.352 e. The zero-order chi connectivity index (χ0) is 17.0. The van der Waals surface area contributed by atoms with E-state index in [9.17, 15) is 10.1 Å². The number of fused-ring (bicyclic) bond motifs is 2. The van der Waals surface area contributed by atoms with Gasteiger partial charge in [0.2, 0.25) is 0 Å². The van der Waals surface area contributed by atoms with Crippen LogP contribution in [-0.2, 0) is 0 Å². The number of hydrogen-bond acceptors (Lipinski definition) is 3. The zero-order valence-electron chi connectivity index (χ0n) is 13.1. The largest absolute Gasteiger partial charge is 0.352 e. The molecule has 0 unspecified atom stereocenters. The van der Waals surface area contributed by atoms with Gasteiger partial charge in [-0.05, 0) is 24.3 Å². The Morgan fingerprint density at radius 2 is 1.68 bits per heavy atom. The van der Waals surface area contributed by atoms with Gasteiger partial charge in [0.05, 0.1) is 33.1 Å². The second-order valence-corrected chi connectivity index (χ2v) is 6.03. The van der Waals surface area contributed by atoms with Crippen molar-refractivity contribution in [3.8, 4) is 16.8 Å². The Hall–Kier alpha value is -3.60. The van der Waals surface area contributed by atoms with E-state index in [0.717, 1.165) is 33.5 Å². The van der Waals surface area contributed by atoms with E-state index in [2.05, 4.69) is 22.0 Å². The van der Waals surface area contributed by atoms with Crippen LogP contribution in [0.3, 0.4) is 0 Å². The molecule has 5 rings (SSSR count). The van der Waals surface area contributed by atoms with E-state index in [4.69, 9.17) is 0 Å². The van der Waals surface area contributed by atoms with E-state index in [-0.39, 0.29) is 10.6 Å². The Bertz CT molecular complexity index is 1160. The molecular weight excluding hydrogens is 314 g/mol. The Morgan fingerprint density at radius 1 is 0.880 bits per heavy atom. The molecule has 4 aromatic rings. The first kappa shape index (κ1) is 13.8. The van der Waals surface area contributed by atoms with E-state index in [0.29, 0.717) is 5.56 Å². The van der Waals surface area contributed by atoms with Gasteiger partial charge >= 0.3 is 0 Å². The molecule has 0 atom stereocenters. The molecule has 0 radical (unpaired) electrons. The van der Waals surface area contributed by atoms with Crippen molar-refractivity contribution < 1.29 is 4.92 Å². The lowest BCUT2D eigenvalue weighted by Gasteiger charge is -2.23. The van der Waals surface area contributed by atoms with Crippen molar-refractivity contribution in [1.29, 1.82) is 0 Å². The maximum atomic E-state index is 11.5. The molecule has 1 aliphatic rings. The molecule has 120 valence electrons. The number of nitrogens with zero attached hydrogens (tertiary/aromatic N) is 2. The molecule has 0 amide bonds. The minimum absolute atomic E-state index is 0.108. The maximum absolute atomic E-state index is 11.5. The number of para-hydroxylation sites is 3. The Morgan fingerprint density at radius 3 is 2.56 bits per heavy atom. The van der Waals surface area contributed by atoms with E-state index in [1.54, 1.807) is 18.2 Å². The highest BCUT2D eigenvalue weighted by Gasteiger charge is 2.23. The van der Waals surface area contributed by atoms with Crippen molar-refractivity contribution in [2.45, 2.75) is 0 Å². The summed E-state index contributed by atoms with van der Waals surface area (Å²) < 4.78 is 2.13. The van der Waals surface area contributed by atoms with Crippen LogP contribution in [0.15, 0.2) is 72.9 Å². The van der Waals surface area contributed by atoms with Crippen LogP contribution in [0, 0.1) is 10.1 Å². The normalized spacial score (nSPS) is 11.8. The minimum atomic E-state index is -0.331. The predicted molar refractivity (Wildman–Crippen MR) is 98.6 cm³/mol. The number of benzene rings is 3. The highest BCUT2D eigenvalue weighted by atomic mass is 16.6. The van der Waals surface area contributed by atoms with Gasteiger partial charge in [-0.15, -0.1) is 0 Å². The van der Waals surface area contributed by atoms with Crippen molar-refractivity contribution in [3.63, 3.8) is 0 Å². The lowest BCUT2D eigenvalue weighted by atomic mass is 9.98. The fourth-order valence-electron chi connectivity index (χ4n) is 3.57. The summed E-state index contributed by atoms with van der Waals surface area (Å²) in [5, 5.41) is 16.0. The van der Waals surface area contributed by atoms with Gasteiger partial charge in [0.25, 0.3) is 5.69 Å². The fraction of sp³-hybridized carbons (Fsp3) is 0. The molecule has 25 heavy (non-hydrogen) atoms. The predicted octanol–water partition coefficient (Wildman–Crippen LogP) is 5.26. The van der Waals surface area contributed by atoms with Crippen LogP contribution in [0.1, 0.15) is 0 Å². The van der Waals surface area contributed by atoms with E-state index in [1.165, 1.54) is 0 Å². The summed E-state index contributed by atoms with van der Waals surface area (Å²) >= 11 is 0. The van der Waals surface area contributed by atoms with Crippen LogP contribution in [0.5, 0.6) is 0 Å². The van der Waals surface area contributed by atoms with Gasteiger partial charge in [0.1, 0.15) is 0 Å². The third-order valence-corrected chi connectivity index (χ3v) is 4.67. The first-order valence-corrected chi connectivity index (χ1v) is 7.98. The molecule has 0 aliphatic carbocycles. The van der Waals surface area contributed by atoms with E-state index in [1.807, 2.05) is 42.6 Å². The van der Waals surface area contributed by atoms with Gasteiger partial charge in [-0.25, -0.2) is 0 Å². The molecule has 0 saturated heterocycles. The Balaban J connectivity index is 1.86. The molecule has 0 bridgehead atoms. The highest BCUT2D eigenvalue weighted by molar-refractivity contribution is 6.06. The quantitative estimate of drug-likeness (QED) is 0.355. The first-order chi connectivity index (χ1) is 12.2. The second-order valence-electron chi connectivity index (χ2n) is 6.03. The van der Waals surface area contributed by atoms with Crippen molar-refractivity contribution in [2.75, 3.05) is 5.32 Å². The number of nitro benzene ring substituents is 1. The summed E-state index contributed by atoms with van der Waals surface area (Å²) in [6.45, 7) is 0. The number of rotatable bonds is 2. The van der Waals surface area contributed by atoms with Gasteiger partial charge in [-0.3, -0.25) is 10.1 Å². The van der Waals surface area contributed by atoms with E-state index >= 15 is 0 Å². The molecule has 0 fully saturated rings. The molecule has 3 aromatic carbocycles. The lowest BCUT2D eigenvalue weighted by Crippen LogP contribution is -2.07. The fourth-order valence-corrected chi connectivity index (χ4v) is 3.57. The summed E-state index contributed by atoms with van der Waals surface area (Å²) in [7, 11) is 0. The molecule has 1 aromatic heterocycles. The first-order valence-electron chi connectivity index (χ1n) is 7.98. The van der Waals surface area contributed by atoms with Crippen molar-refractivity contribution in [1.82, 2.24) is 4.57 Å². The molecule has 5 heteroatoms. The third-order valence-electron chi connectivity index (χ3n) is 4.67. The topological polar surface area (TPSA) is 60.1 Å². The molecular formula is C20H13N3O2. The van der Waals surface area contributed by atoms with Crippen molar-refractivity contribution >= 4 is 28.0 Å². The van der Waals surface area contributed by atoms with Crippen LogP contribution in [-0.4, -0.2) is 9.49 Å². The second kappa shape index (κ2) is 4.95. The molecule has 0 spiro atoms. The summed E-state index contributed by atoms with van der Waals surface area (Å²) in [6, 6.07) is 20.9. The summed E-state index contributed by atoms with van der Waals surface area (Å²) in [5.41, 5.74) is 5.54. The van der Waals surface area contributed by atoms with Gasteiger partial charge < -0.3 is 9.88 Å². The SMILES string of the molecule is O=[N+]([O-])c1ccccc1-c1ccc2ccn3c2c1Nc1ccccc1-3. The molecule has 2 heterocycles. The molecule has 0 saturated carbocycles. The molecule has 1 N–H and O–H groups in total.